The van der Waals surface area contributed by atoms with E-state index < -0.39 is 49.2 Å². The van der Waals surface area contributed by atoms with Crippen LogP contribution in [0.2, 0.25) is 5.02 Å². The van der Waals surface area contributed by atoms with Gasteiger partial charge in [-0.1, -0.05) is 18.5 Å². The number of hydrogen-bond acceptors (Lipinski definition) is 6. The summed E-state index contributed by atoms with van der Waals surface area (Å²) in [6.45, 7) is 2.77. The lowest BCUT2D eigenvalue weighted by Gasteiger charge is -2.48. The first-order valence-electron chi connectivity index (χ1n) is 11.8. The minimum atomic E-state index is -4.60. The topological polar surface area (TPSA) is 88.6 Å². The number of anilines is 1. The second-order valence-electron chi connectivity index (χ2n) is 10.3. The Bertz CT molecular complexity index is 1350. The molecule has 1 N–H and O–H groups in total. The predicted molar refractivity (Wildman–Crippen MR) is 128 cm³/mol. The molecule has 1 aromatic heterocycles. The molecule has 2 aliphatic carbocycles. The van der Waals surface area contributed by atoms with E-state index in [4.69, 9.17) is 16.3 Å². The molecular formula is C24H24ClF4N3O4S. The number of carbonyl (C=O) groups excluding carboxylic acids is 1. The summed E-state index contributed by atoms with van der Waals surface area (Å²) in [5.74, 6) is -1.41. The summed E-state index contributed by atoms with van der Waals surface area (Å²) in [7, 11) is -3.82. The number of sulfonamides is 1. The van der Waals surface area contributed by atoms with Crippen molar-refractivity contribution >= 4 is 33.3 Å². The summed E-state index contributed by atoms with van der Waals surface area (Å²) in [5, 5.41) is -1.09. The van der Waals surface area contributed by atoms with Crippen molar-refractivity contribution in [3.8, 4) is 5.75 Å². The minimum absolute atomic E-state index is 0.0759. The number of amides is 1. The molecule has 1 aromatic carbocycles. The van der Waals surface area contributed by atoms with Crippen molar-refractivity contribution in [2.75, 3.05) is 24.6 Å². The summed E-state index contributed by atoms with van der Waals surface area (Å²) in [6.07, 6.45) is -1.01. The third-order valence-electron chi connectivity index (χ3n) is 6.75. The van der Waals surface area contributed by atoms with E-state index in [9.17, 15) is 30.8 Å². The van der Waals surface area contributed by atoms with Gasteiger partial charge in [0.05, 0.1) is 28.0 Å². The van der Waals surface area contributed by atoms with E-state index in [1.54, 1.807) is 4.90 Å². The van der Waals surface area contributed by atoms with Crippen molar-refractivity contribution in [2.45, 2.75) is 50.0 Å². The molecule has 1 amide bonds. The van der Waals surface area contributed by atoms with Gasteiger partial charge in [0.25, 0.3) is 5.91 Å². The second-order valence-corrected chi connectivity index (χ2v) is 12.7. The largest absolute Gasteiger partial charge is 0.492 e. The Labute approximate surface area is 216 Å². The Kier molecular flexibility index (Phi) is 6.33. The highest BCUT2D eigenvalue weighted by molar-refractivity contribution is 7.91. The molecule has 1 aliphatic heterocycles. The number of hydrogen-bond donors (Lipinski definition) is 1. The van der Waals surface area contributed by atoms with Gasteiger partial charge in [-0.2, -0.15) is 13.2 Å². The van der Waals surface area contributed by atoms with Crippen LogP contribution in [0.3, 0.4) is 0 Å². The molecule has 0 atom stereocenters. The Morgan fingerprint density at radius 2 is 1.89 bits per heavy atom. The van der Waals surface area contributed by atoms with Gasteiger partial charge in [-0.3, -0.25) is 4.79 Å². The number of nitrogens with zero attached hydrogens (tertiary/aromatic N) is 2. The first-order valence-corrected chi connectivity index (χ1v) is 13.7. The van der Waals surface area contributed by atoms with Crippen LogP contribution in [0.1, 0.15) is 60.0 Å². The van der Waals surface area contributed by atoms with Gasteiger partial charge in [0.2, 0.25) is 10.0 Å². The van der Waals surface area contributed by atoms with E-state index >= 15 is 0 Å². The molecule has 2 heterocycles. The second kappa shape index (κ2) is 9.00. The minimum Gasteiger partial charge on any atom is -0.492 e. The van der Waals surface area contributed by atoms with E-state index in [2.05, 4.69) is 4.98 Å². The fraction of sp³-hybridized carbons (Fsp3) is 0.500. The summed E-state index contributed by atoms with van der Waals surface area (Å²) >= 11 is 5.65. The van der Waals surface area contributed by atoms with E-state index in [-0.39, 0.29) is 29.7 Å². The van der Waals surface area contributed by atoms with Crippen LogP contribution >= 0.6 is 11.6 Å². The molecule has 0 bridgehead atoms. The number of rotatable bonds is 8. The number of halogens is 5. The maximum atomic E-state index is 14.9. The van der Waals surface area contributed by atoms with E-state index in [0.717, 1.165) is 31.2 Å². The smallest absolute Gasteiger partial charge is 0.418 e. The fourth-order valence-corrected chi connectivity index (χ4v) is 5.93. The zero-order chi connectivity index (χ0) is 26.8. The summed E-state index contributed by atoms with van der Waals surface area (Å²) in [6, 6.07) is 3.37. The highest BCUT2D eigenvalue weighted by Gasteiger charge is 2.42. The highest BCUT2D eigenvalue weighted by atomic mass is 35.5. The lowest BCUT2D eigenvalue weighted by molar-refractivity contribution is -0.137. The van der Waals surface area contributed by atoms with Gasteiger partial charge in [-0.15, -0.1) is 0 Å². The van der Waals surface area contributed by atoms with Gasteiger partial charge in [-0.25, -0.2) is 22.5 Å². The molecule has 0 spiro atoms. The maximum Gasteiger partial charge on any atom is 0.418 e. The van der Waals surface area contributed by atoms with Crippen molar-refractivity contribution in [3.63, 3.8) is 0 Å². The first-order chi connectivity index (χ1) is 17.3. The summed E-state index contributed by atoms with van der Waals surface area (Å²) < 4.78 is 86.5. The summed E-state index contributed by atoms with van der Waals surface area (Å²) in [5.41, 5.74) is -1.12. The molecule has 2 saturated carbocycles. The van der Waals surface area contributed by atoms with Crippen LogP contribution in [0.5, 0.6) is 5.75 Å². The summed E-state index contributed by atoms with van der Waals surface area (Å²) in [4.78, 5) is 18.2. The van der Waals surface area contributed by atoms with Gasteiger partial charge in [0.15, 0.2) is 0 Å². The molecular weight excluding hydrogens is 538 g/mol. The highest BCUT2D eigenvalue weighted by Crippen LogP contribution is 2.46. The Balaban J connectivity index is 1.27. The van der Waals surface area contributed by atoms with Crippen LogP contribution in [-0.4, -0.2) is 44.3 Å². The zero-order valence-corrected chi connectivity index (χ0v) is 21.3. The molecule has 1 saturated heterocycles. The molecule has 0 radical (unpaired) electrons. The lowest BCUT2D eigenvalue weighted by Crippen LogP contribution is -2.58. The van der Waals surface area contributed by atoms with Gasteiger partial charge >= 0.3 is 6.18 Å². The van der Waals surface area contributed by atoms with Crippen molar-refractivity contribution in [3.05, 3.63) is 51.9 Å². The van der Waals surface area contributed by atoms with E-state index in [1.807, 2.05) is 11.6 Å². The van der Waals surface area contributed by atoms with Crippen LogP contribution in [0.25, 0.3) is 0 Å². The monoisotopic (exact) mass is 561 g/mol. The van der Waals surface area contributed by atoms with Crippen molar-refractivity contribution in [2.24, 2.45) is 5.41 Å². The number of ether oxygens (including phenoxy) is 1. The fourth-order valence-electron chi connectivity index (χ4n) is 4.43. The van der Waals surface area contributed by atoms with Crippen LogP contribution in [0.15, 0.2) is 24.4 Å². The molecule has 13 heteroatoms. The lowest BCUT2D eigenvalue weighted by atomic mass is 9.82. The number of alkyl halides is 3. The molecule has 7 nitrogen and oxygen atoms in total. The number of pyridine rings is 1. The quantitative estimate of drug-likeness (QED) is 0.461. The van der Waals surface area contributed by atoms with Gasteiger partial charge in [0.1, 0.15) is 17.4 Å². The van der Waals surface area contributed by atoms with E-state index in [1.165, 1.54) is 6.07 Å². The predicted octanol–water partition coefficient (Wildman–Crippen LogP) is 4.90. The number of nitrogens with one attached hydrogen (secondary N) is 1. The molecule has 37 heavy (non-hydrogen) atoms. The zero-order valence-electron chi connectivity index (χ0n) is 19.7. The molecule has 200 valence electrons. The average Bonchev–Trinajstić information content (AvgIpc) is 3.67. The van der Waals surface area contributed by atoms with Crippen molar-refractivity contribution in [1.82, 2.24) is 9.71 Å². The van der Waals surface area contributed by atoms with E-state index in [0.29, 0.717) is 31.5 Å². The third-order valence-corrected chi connectivity index (χ3v) is 8.87. The van der Waals surface area contributed by atoms with Crippen LogP contribution in [0, 0.1) is 11.2 Å². The number of benzene rings is 1. The SMILES string of the molecule is CC1(COc2cc(F)c(C(=O)NS(=O)(=O)C3CC3)cc2C2CC2)CN(c2cc(C(F)(F)F)c(Cl)cn2)C1. The van der Waals surface area contributed by atoms with Crippen molar-refractivity contribution in [1.29, 1.82) is 0 Å². The molecule has 0 unspecified atom stereocenters. The number of aromatic nitrogens is 1. The molecule has 3 fully saturated rings. The Morgan fingerprint density at radius 1 is 1.22 bits per heavy atom. The molecule has 2 aromatic rings. The Hall–Kier alpha value is -2.60. The van der Waals surface area contributed by atoms with Gasteiger partial charge in [0, 0.05) is 30.8 Å². The third kappa shape index (κ3) is 5.50. The van der Waals surface area contributed by atoms with Crippen molar-refractivity contribution < 1.29 is 35.5 Å². The van der Waals surface area contributed by atoms with Crippen LogP contribution in [0.4, 0.5) is 23.4 Å². The average molecular weight is 562 g/mol. The van der Waals surface area contributed by atoms with Gasteiger partial charge in [-0.05, 0) is 49.3 Å². The normalized spacial score (nSPS) is 19.4. The first kappa shape index (κ1) is 26.0. The number of carbonyl (C=O) groups is 1. The van der Waals surface area contributed by atoms with Gasteiger partial charge < -0.3 is 9.64 Å². The molecule has 3 aliphatic rings. The van der Waals surface area contributed by atoms with Crippen LogP contribution in [-0.2, 0) is 16.2 Å². The standard InChI is InChI=1S/C24H24ClF4N3O4S/c1-23(10-32(11-23)21-7-17(24(27,28)29)18(25)9-30-21)12-36-20-8-19(26)16(6-15(20)13-2-3-13)22(33)31-37(34,35)14-4-5-14/h6-9,13-14H,2-5,10-12H2,1H3,(H,31,33). The molecule has 5 rings (SSSR count). The Morgan fingerprint density at radius 3 is 2.49 bits per heavy atom. The maximum absolute atomic E-state index is 14.9. The van der Waals surface area contributed by atoms with Crippen LogP contribution < -0.4 is 14.4 Å².